The summed E-state index contributed by atoms with van der Waals surface area (Å²) in [5.74, 6) is 0.537. The van der Waals surface area contributed by atoms with Gasteiger partial charge < -0.3 is 19.5 Å². The molecule has 2 heterocycles. The second-order valence-corrected chi connectivity index (χ2v) is 9.87. The van der Waals surface area contributed by atoms with E-state index < -0.39 is 0 Å². The topological polar surface area (TPSA) is 113 Å². The van der Waals surface area contributed by atoms with Gasteiger partial charge in [-0.15, -0.1) is 0 Å². The minimum atomic E-state index is -0.275. The number of para-hydroxylation sites is 2. The molecular weight excluding hydrogens is 484 g/mol. The Bertz CT molecular complexity index is 1430. The lowest BCUT2D eigenvalue weighted by molar-refractivity contribution is -0.144. The van der Waals surface area contributed by atoms with Crippen molar-refractivity contribution in [3.8, 4) is 5.75 Å². The fourth-order valence-electron chi connectivity index (χ4n) is 5.38. The highest BCUT2D eigenvalue weighted by molar-refractivity contribution is 5.99. The van der Waals surface area contributed by atoms with Crippen LogP contribution in [-0.2, 0) is 22.4 Å². The van der Waals surface area contributed by atoms with Crippen LogP contribution >= 0.6 is 0 Å². The quantitative estimate of drug-likeness (QED) is 0.517. The summed E-state index contributed by atoms with van der Waals surface area (Å²) in [4.78, 5) is 61.5. The Kier molecular flexibility index (Phi) is 7.53. The number of nitrogens with one attached hydrogen (secondary N) is 1. The number of ether oxygens (including phenoxy) is 1. The van der Waals surface area contributed by atoms with Gasteiger partial charge in [0.25, 0.3) is 11.5 Å². The monoisotopic (exact) mass is 516 g/mol. The van der Waals surface area contributed by atoms with E-state index in [1.807, 2.05) is 42.2 Å². The number of amides is 2. The van der Waals surface area contributed by atoms with Gasteiger partial charge in [0.15, 0.2) is 12.4 Å². The number of H-pyrrole nitrogens is 1. The minimum Gasteiger partial charge on any atom is -0.483 e. The van der Waals surface area contributed by atoms with Crippen molar-refractivity contribution in [2.24, 2.45) is 0 Å². The van der Waals surface area contributed by atoms with E-state index in [1.54, 1.807) is 17.0 Å². The van der Waals surface area contributed by atoms with E-state index in [0.29, 0.717) is 60.5 Å². The molecule has 0 spiro atoms. The SMILES string of the molecule is CC[C@H]1CN(C(=O)COc2cccc3c2CCCC3=O)CCN1C(=O)CCc1nc2ccccc2[nH]c1=O. The molecule has 3 aromatic rings. The van der Waals surface area contributed by atoms with Crippen molar-refractivity contribution in [1.29, 1.82) is 0 Å². The molecule has 0 radical (unpaired) electrons. The van der Waals surface area contributed by atoms with Crippen LogP contribution in [0.3, 0.4) is 0 Å². The number of Topliss-reactive ketones (excluding diaryl/α,β-unsaturated/α-hetero) is 1. The number of aromatic amines is 1. The van der Waals surface area contributed by atoms with E-state index in [9.17, 15) is 19.2 Å². The number of carbonyl (C=O) groups is 3. The number of aryl methyl sites for hydroxylation is 1. The van der Waals surface area contributed by atoms with E-state index in [-0.39, 0.29) is 48.6 Å². The summed E-state index contributed by atoms with van der Waals surface area (Å²) < 4.78 is 5.88. The minimum absolute atomic E-state index is 0.0462. The Morgan fingerprint density at radius 3 is 2.74 bits per heavy atom. The molecule has 5 rings (SSSR count). The molecule has 2 amide bonds. The van der Waals surface area contributed by atoms with Crippen molar-refractivity contribution in [2.75, 3.05) is 26.2 Å². The lowest BCUT2D eigenvalue weighted by Crippen LogP contribution is -2.57. The molecule has 1 atom stereocenters. The third-order valence-corrected chi connectivity index (χ3v) is 7.49. The lowest BCUT2D eigenvalue weighted by Gasteiger charge is -2.41. The number of fused-ring (bicyclic) bond motifs is 2. The zero-order chi connectivity index (χ0) is 26.6. The first kappa shape index (κ1) is 25.6. The van der Waals surface area contributed by atoms with Crippen molar-refractivity contribution in [2.45, 2.75) is 51.5 Å². The summed E-state index contributed by atoms with van der Waals surface area (Å²) >= 11 is 0. The smallest absolute Gasteiger partial charge is 0.270 e. The number of hydrogen-bond acceptors (Lipinski definition) is 6. The van der Waals surface area contributed by atoms with Crippen LogP contribution < -0.4 is 10.3 Å². The predicted molar refractivity (Wildman–Crippen MR) is 142 cm³/mol. The zero-order valence-corrected chi connectivity index (χ0v) is 21.6. The van der Waals surface area contributed by atoms with Gasteiger partial charge in [-0.3, -0.25) is 19.2 Å². The number of carbonyl (C=O) groups excluding carboxylic acids is 3. The number of aromatic nitrogens is 2. The Balaban J connectivity index is 1.17. The number of nitrogens with zero attached hydrogens (tertiary/aromatic N) is 3. The largest absolute Gasteiger partial charge is 0.483 e. The maximum Gasteiger partial charge on any atom is 0.270 e. The standard InChI is InChI=1S/C29H32N4O5/c1-2-19-17-32(28(36)18-38-26-12-6-7-20-21(26)8-5-11-25(20)34)15-16-33(19)27(35)14-13-24-29(37)31-23-10-4-3-9-22(23)30-24/h3-4,6-7,9-10,12,19H,2,5,8,11,13-18H2,1H3,(H,31,37)/t19-/m0/s1. The first-order valence-electron chi connectivity index (χ1n) is 13.3. The Morgan fingerprint density at radius 2 is 1.89 bits per heavy atom. The molecule has 0 bridgehead atoms. The molecule has 1 aliphatic heterocycles. The average Bonchev–Trinajstić information content (AvgIpc) is 2.94. The molecule has 0 saturated carbocycles. The number of piperazine rings is 1. The molecule has 1 fully saturated rings. The summed E-state index contributed by atoms with van der Waals surface area (Å²) in [6, 6.07) is 12.6. The van der Waals surface area contributed by atoms with Gasteiger partial charge in [0.2, 0.25) is 5.91 Å². The Labute approximate surface area is 220 Å². The van der Waals surface area contributed by atoms with Crippen LogP contribution in [0, 0.1) is 0 Å². The van der Waals surface area contributed by atoms with Crippen molar-refractivity contribution in [3.63, 3.8) is 0 Å². The number of hydrogen-bond donors (Lipinski definition) is 1. The van der Waals surface area contributed by atoms with Gasteiger partial charge in [0, 0.05) is 56.1 Å². The van der Waals surface area contributed by atoms with Crippen molar-refractivity contribution in [1.82, 2.24) is 19.8 Å². The second-order valence-electron chi connectivity index (χ2n) is 9.87. The zero-order valence-electron chi connectivity index (χ0n) is 21.6. The summed E-state index contributed by atoms with van der Waals surface area (Å²) in [5, 5.41) is 0. The van der Waals surface area contributed by atoms with Crippen molar-refractivity contribution < 1.29 is 19.1 Å². The lowest BCUT2D eigenvalue weighted by atomic mass is 9.90. The third-order valence-electron chi connectivity index (χ3n) is 7.49. The van der Waals surface area contributed by atoms with Gasteiger partial charge in [-0.1, -0.05) is 31.2 Å². The van der Waals surface area contributed by atoms with Gasteiger partial charge >= 0.3 is 0 Å². The highest BCUT2D eigenvalue weighted by Crippen LogP contribution is 2.29. The van der Waals surface area contributed by atoms with Crippen LogP contribution in [0.1, 0.15) is 54.2 Å². The molecule has 1 saturated heterocycles. The second kappa shape index (κ2) is 11.2. The summed E-state index contributed by atoms with van der Waals surface area (Å²) in [6.07, 6.45) is 3.25. The van der Waals surface area contributed by atoms with Gasteiger partial charge in [-0.25, -0.2) is 4.98 Å². The van der Waals surface area contributed by atoms with Crippen molar-refractivity contribution in [3.05, 3.63) is 69.6 Å². The van der Waals surface area contributed by atoms with Gasteiger partial charge in [-0.05, 0) is 37.5 Å². The van der Waals surface area contributed by atoms with Crippen LogP contribution in [0.5, 0.6) is 5.75 Å². The fourth-order valence-corrected chi connectivity index (χ4v) is 5.38. The highest BCUT2D eigenvalue weighted by Gasteiger charge is 2.31. The third kappa shape index (κ3) is 5.32. The molecular formula is C29H32N4O5. The Morgan fingerprint density at radius 1 is 1.05 bits per heavy atom. The van der Waals surface area contributed by atoms with E-state index in [2.05, 4.69) is 9.97 Å². The molecule has 38 heavy (non-hydrogen) atoms. The normalized spacial score (nSPS) is 17.4. The molecule has 0 unspecified atom stereocenters. The van der Waals surface area contributed by atoms with Crippen LogP contribution in [0.15, 0.2) is 47.3 Å². The number of benzene rings is 2. The fraction of sp³-hybridized carbons (Fsp3) is 0.414. The molecule has 1 N–H and O–H groups in total. The predicted octanol–water partition coefficient (Wildman–Crippen LogP) is 2.90. The molecule has 1 aliphatic carbocycles. The van der Waals surface area contributed by atoms with Crippen LogP contribution in [-0.4, -0.2) is 69.6 Å². The van der Waals surface area contributed by atoms with Crippen LogP contribution in [0.25, 0.3) is 11.0 Å². The van der Waals surface area contributed by atoms with Crippen LogP contribution in [0.4, 0.5) is 0 Å². The van der Waals surface area contributed by atoms with Gasteiger partial charge in [0.1, 0.15) is 11.4 Å². The number of rotatable bonds is 7. The molecule has 2 aromatic carbocycles. The maximum absolute atomic E-state index is 13.1. The highest BCUT2D eigenvalue weighted by atomic mass is 16.5. The number of ketones is 1. The van der Waals surface area contributed by atoms with Gasteiger partial charge in [0.05, 0.1) is 11.0 Å². The molecule has 198 valence electrons. The van der Waals surface area contributed by atoms with Crippen LogP contribution in [0.2, 0.25) is 0 Å². The Hall–Kier alpha value is -4.01. The molecule has 2 aliphatic rings. The van der Waals surface area contributed by atoms with E-state index in [1.165, 1.54) is 0 Å². The maximum atomic E-state index is 13.1. The summed E-state index contributed by atoms with van der Waals surface area (Å²) in [7, 11) is 0. The first-order chi connectivity index (χ1) is 18.4. The van der Waals surface area contributed by atoms with E-state index in [4.69, 9.17) is 4.74 Å². The van der Waals surface area contributed by atoms with E-state index in [0.717, 1.165) is 18.4 Å². The summed E-state index contributed by atoms with van der Waals surface area (Å²) in [6.45, 7) is 3.18. The molecule has 9 nitrogen and oxygen atoms in total. The van der Waals surface area contributed by atoms with Crippen molar-refractivity contribution >= 4 is 28.6 Å². The van der Waals surface area contributed by atoms with Gasteiger partial charge in [-0.2, -0.15) is 0 Å². The summed E-state index contributed by atoms with van der Waals surface area (Å²) in [5.41, 5.74) is 3.02. The molecule has 9 heteroatoms. The molecule has 1 aromatic heterocycles. The van der Waals surface area contributed by atoms with E-state index >= 15 is 0 Å². The first-order valence-corrected chi connectivity index (χ1v) is 13.3. The average molecular weight is 517 g/mol.